The first-order valence-electron chi connectivity index (χ1n) is 5.97. The van der Waals surface area contributed by atoms with Gasteiger partial charge in [-0.1, -0.05) is 0 Å². The van der Waals surface area contributed by atoms with Crippen LogP contribution in [-0.2, 0) is 16.4 Å². The molecule has 0 aliphatic heterocycles. The first-order chi connectivity index (χ1) is 8.91. The van der Waals surface area contributed by atoms with Crippen LogP contribution in [0.3, 0.4) is 0 Å². The van der Waals surface area contributed by atoms with Gasteiger partial charge in [-0.25, -0.2) is 12.7 Å². The zero-order valence-electron chi connectivity index (χ0n) is 11.3. The molecular weight excluding hydrogens is 264 g/mol. The number of nitrogens with one attached hydrogen (secondary N) is 1. The Morgan fingerprint density at radius 1 is 1.37 bits per heavy atom. The lowest BCUT2D eigenvalue weighted by Gasteiger charge is -2.13. The van der Waals surface area contributed by atoms with Crippen molar-refractivity contribution in [2.75, 3.05) is 27.0 Å². The van der Waals surface area contributed by atoms with Crippen LogP contribution in [0.25, 0.3) is 10.9 Å². The highest BCUT2D eigenvalue weighted by Gasteiger charge is 2.12. The van der Waals surface area contributed by atoms with E-state index in [9.17, 15) is 8.42 Å². The number of benzene rings is 1. The SMILES string of the molecule is COc1ccc2[nH]cc(CCN(C)S(C)(=O)=O)c2c1. The molecule has 0 spiro atoms. The molecule has 1 aromatic carbocycles. The Kier molecular flexibility index (Phi) is 3.82. The Balaban J connectivity index is 2.21. The van der Waals surface area contributed by atoms with Crippen molar-refractivity contribution in [3.63, 3.8) is 0 Å². The third kappa shape index (κ3) is 3.08. The van der Waals surface area contributed by atoms with Gasteiger partial charge in [0, 0.05) is 30.7 Å². The minimum Gasteiger partial charge on any atom is -0.497 e. The van der Waals surface area contributed by atoms with Crippen LogP contribution in [0.2, 0.25) is 0 Å². The highest BCUT2D eigenvalue weighted by molar-refractivity contribution is 7.88. The fourth-order valence-corrected chi connectivity index (χ4v) is 2.36. The second kappa shape index (κ2) is 5.22. The smallest absolute Gasteiger partial charge is 0.210 e. The van der Waals surface area contributed by atoms with Crippen LogP contribution in [0.4, 0.5) is 0 Å². The second-order valence-electron chi connectivity index (χ2n) is 4.56. The van der Waals surface area contributed by atoms with E-state index in [-0.39, 0.29) is 0 Å². The van der Waals surface area contributed by atoms with E-state index in [0.717, 1.165) is 22.2 Å². The number of ether oxygens (including phenoxy) is 1. The molecule has 0 aliphatic carbocycles. The van der Waals surface area contributed by atoms with Gasteiger partial charge < -0.3 is 9.72 Å². The van der Waals surface area contributed by atoms with Gasteiger partial charge in [0.15, 0.2) is 0 Å². The fourth-order valence-electron chi connectivity index (χ4n) is 1.94. The molecule has 2 rings (SSSR count). The molecule has 0 saturated carbocycles. The molecule has 5 nitrogen and oxygen atoms in total. The molecule has 0 bridgehead atoms. The van der Waals surface area contributed by atoms with Crippen molar-refractivity contribution in [2.24, 2.45) is 0 Å². The van der Waals surface area contributed by atoms with Gasteiger partial charge in [-0.05, 0) is 30.2 Å². The molecule has 1 heterocycles. The van der Waals surface area contributed by atoms with Crippen molar-refractivity contribution in [1.82, 2.24) is 9.29 Å². The number of hydrogen-bond acceptors (Lipinski definition) is 3. The number of nitrogens with zero attached hydrogens (tertiary/aromatic N) is 1. The molecule has 1 N–H and O–H groups in total. The number of fused-ring (bicyclic) bond motifs is 1. The maximum absolute atomic E-state index is 11.4. The lowest BCUT2D eigenvalue weighted by atomic mass is 10.1. The molecule has 0 aliphatic rings. The van der Waals surface area contributed by atoms with Crippen LogP contribution in [0, 0.1) is 0 Å². The normalized spacial score (nSPS) is 12.2. The van der Waals surface area contributed by atoms with E-state index in [2.05, 4.69) is 4.98 Å². The summed E-state index contributed by atoms with van der Waals surface area (Å²) in [5, 5.41) is 1.07. The van der Waals surface area contributed by atoms with E-state index < -0.39 is 10.0 Å². The molecule has 104 valence electrons. The number of aromatic amines is 1. The number of hydrogen-bond donors (Lipinski definition) is 1. The first-order valence-corrected chi connectivity index (χ1v) is 7.82. The summed E-state index contributed by atoms with van der Waals surface area (Å²) in [6.07, 6.45) is 3.79. The van der Waals surface area contributed by atoms with Crippen molar-refractivity contribution >= 4 is 20.9 Å². The Labute approximate surface area is 113 Å². The van der Waals surface area contributed by atoms with Gasteiger partial charge in [-0.3, -0.25) is 0 Å². The number of sulfonamides is 1. The van der Waals surface area contributed by atoms with Crippen molar-refractivity contribution < 1.29 is 13.2 Å². The van der Waals surface area contributed by atoms with Gasteiger partial charge in [0.05, 0.1) is 13.4 Å². The van der Waals surface area contributed by atoms with Crippen molar-refractivity contribution in [3.05, 3.63) is 30.0 Å². The number of H-pyrrole nitrogens is 1. The van der Waals surface area contributed by atoms with E-state index in [4.69, 9.17) is 4.74 Å². The Hall–Kier alpha value is -1.53. The standard InChI is InChI=1S/C13H18N2O3S/c1-15(19(3,16)17)7-6-10-9-14-13-5-4-11(18-2)8-12(10)13/h4-5,8-9,14H,6-7H2,1-3H3. The maximum Gasteiger partial charge on any atom is 0.210 e. The molecule has 0 unspecified atom stereocenters. The van der Waals surface area contributed by atoms with Crippen LogP contribution in [0.5, 0.6) is 5.75 Å². The Bertz CT molecular complexity index is 676. The first kappa shape index (κ1) is 13.9. The quantitative estimate of drug-likeness (QED) is 0.906. The van der Waals surface area contributed by atoms with E-state index in [1.807, 2.05) is 24.4 Å². The molecule has 2 aromatic rings. The highest BCUT2D eigenvalue weighted by atomic mass is 32.2. The fraction of sp³-hybridized carbons (Fsp3) is 0.385. The van der Waals surface area contributed by atoms with Crippen molar-refractivity contribution in [3.8, 4) is 5.75 Å². The lowest BCUT2D eigenvalue weighted by molar-refractivity contribution is 0.415. The van der Waals surface area contributed by atoms with Gasteiger partial charge in [-0.15, -0.1) is 0 Å². The molecule has 0 fully saturated rings. The molecular formula is C13H18N2O3S. The Morgan fingerprint density at radius 2 is 2.11 bits per heavy atom. The summed E-state index contributed by atoms with van der Waals surface area (Å²) in [5.74, 6) is 0.796. The van der Waals surface area contributed by atoms with Crippen molar-refractivity contribution in [2.45, 2.75) is 6.42 Å². The number of methoxy groups -OCH3 is 1. The van der Waals surface area contributed by atoms with Crippen LogP contribution in [0.1, 0.15) is 5.56 Å². The zero-order chi connectivity index (χ0) is 14.0. The predicted octanol–water partition coefficient (Wildman–Crippen LogP) is 1.61. The summed E-state index contributed by atoms with van der Waals surface area (Å²) in [7, 11) is 0.0942. The molecule has 0 radical (unpaired) electrons. The summed E-state index contributed by atoms with van der Waals surface area (Å²) in [6.45, 7) is 0.461. The number of aromatic nitrogens is 1. The summed E-state index contributed by atoms with van der Waals surface area (Å²) in [4.78, 5) is 3.18. The van der Waals surface area contributed by atoms with Crippen LogP contribution >= 0.6 is 0 Å². The van der Waals surface area contributed by atoms with Crippen molar-refractivity contribution in [1.29, 1.82) is 0 Å². The molecule has 1 aromatic heterocycles. The summed E-state index contributed by atoms with van der Waals surface area (Å²) < 4.78 is 29.3. The lowest BCUT2D eigenvalue weighted by Crippen LogP contribution is -2.27. The van der Waals surface area contributed by atoms with Gasteiger partial charge in [-0.2, -0.15) is 0 Å². The Morgan fingerprint density at radius 3 is 2.74 bits per heavy atom. The van der Waals surface area contributed by atoms with Crippen LogP contribution in [-0.4, -0.2) is 44.7 Å². The van der Waals surface area contributed by atoms with Gasteiger partial charge >= 0.3 is 0 Å². The average molecular weight is 282 g/mol. The minimum atomic E-state index is -3.12. The zero-order valence-corrected chi connectivity index (χ0v) is 12.1. The molecule has 0 saturated heterocycles. The van der Waals surface area contributed by atoms with E-state index in [0.29, 0.717) is 13.0 Å². The van der Waals surface area contributed by atoms with E-state index in [1.54, 1.807) is 14.2 Å². The summed E-state index contributed by atoms with van der Waals surface area (Å²) >= 11 is 0. The number of rotatable bonds is 5. The van der Waals surface area contributed by atoms with Gasteiger partial charge in [0.2, 0.25) is 10.0 Å². The molecule has 19 heavy (non-hydrogen) atoms. The maximum atomic E-state index is 11.4. The van der Waals surface area contributed by atoms with E-state index in [1.165, 1.54) is 10.6 Å². The van der Waals surface area contributed by atoms with Gasteiger partial charge in [0.1, 0.15) is 5.75 Å². The highest BCUT2D eigenvalue weighted by Crippen LogP contribution is 2.24. The largest absolute Gasteiger partial charge is 0.497 e. The predicted molar refractivity (Wildman–Crippen MR) is 76.0 cm³/mol. The van der Waals surface area contributed by atoms with Gasteiger partial charge in [0.25, 0.3) is 0 Å². The minimum absolute atomic E-state index is 0.461. The monoisotopic (exact) mass is 282 g/mol. The van der Waals surface area contributed by atoms with Crippen LogP contribution < -0.4 is 4.74 Å². The van der Waals surface area contributed by atoms with Crippen LogP contribution in [0.15, 0.2) is 24.4 Å². The molecule has 0 amide bonds. The molecule has 6 heteroatoms. The van der Waals surface area contributed by atoms with E-state index >= 15 is 0 Å². The topological polar surface area (TPSA) is 62.4 Å². The third-order valence-electron chi connectivity index (χ3n) is 3.24. The average Bonchev–Trinajstić information content (AvgIpc) is 2.76. The summed E-state index contributed by atoms with van der Waals surface area (Å²) in [6, 6.07) is 5.81. The second-order valence-corrected chi connectivity index (χ2v) is 6.65. The third-order valence-corrected chi connectivity index (χ3v) is 4.55. The molecule has 0 atom stereocenters. The summed E-state index contributed by atoms with van der Waals surface area (Å²) in [5.41, 5.74) is 2.11. The number of likely N-dealkylation sites (N-methyl/N-ethyl adjacent to an activating group) is 1.